The zero-order valence-corrected chi connectivity index (χ0v) is 17.2. The molecule has 0 aliphatic carbocycles. The van der Waals surface area contributed by atoms with Crippen molar-refractivity contribution in [2.45, 2.75) is 56.5 Å². The summed E-state index contributed by atoms with van der Waals surface area (Å²) in [7, 11) is -3.57. The van der Waals surface area contributed by atoms with Crippen LogP contribution < -0.4 is 4.72 Å². The van der Waals surface area contributed by atoms with Crippen LogP contribution >= 0.6 is 0 Å². The highest BCUT2D eigenvalue weighted by Crippen LogP contribution is 2.22. The quantitative estimate of drug-likeness (QED) is 0.574. The molecule has 0 spiro atoms. The molecule has 1 N–H and O–H groups in total. The molecule has 1 aromatic carbocycles. The van der Waals surface area contributed by atoms with Gasteiger partial charge in [-0.3, -0.25) is 14.5 Å². The number of nitrogens with one attached hydrogen (secondary N) is 1. The number of aliphatic imine (C=N–C) groups is 1. The fourth-order valence-corrected chi connectivity index (χ4v) is 4.27. The first-order valence-electron chi connectivity index (χ1n) is 9.65. The van der Waals surface area contributed by atoms with Gasteiger partial charge in [0.15, 0.2) is 0 Å². The number of halogens is 3. The van der Waals surface area contributed by atoms with Gasteiger partial charge in [-0.15, -0.1) is 0 Å². The fourth-order valence-electron chi connectivity index (χ4n) is 3.02. The molecule has 0 saturated heterocycles. The molecule has 0 unspecified atom stereocenters. The first kappa shape index (κ1) is 23.2. The van der Waals surface area contributed by atoms with Crippen molar-refractivity contribution in [3.63, 3.8) is 0 Å². The predicted octanol–water partition coefficient (Wildman–Crippen LogP) is 3.48. The maximum Gasteiger partial charge on any atom is 0.406 e. The van der Waals surface area contributed by atoms with E-state index < -0.39 is 28.7 Å². The van der Waals surface area contributed by atoms with Crippen LogP contribution in [0.5, 0.6) is 0 Å². The largest absolute Gasteiger partial charge is 0.406 e. The van der Waals surface area contributed by atoms with Crippen molar-refractivity contribution >= 4 is 21.8 Å². The number of amidine groups is 1. The van der Waals surface area contributed by atoms with Gasteiger partial charge < -0.3 is 4.90 Å². The van der Waals surface area contributed by atoms with Gasteiger partial charge in [0.25, 0.3) is 10.0 Å². The van der Waals surface area contributed by atoms with E-state index in [4.69, 9.17) is 0 Å². The Bertz CT molecular complexity index is 839. The lowest BCUT2D eigenvalue weighted by Gasteiger charge is -2.23. The first-order valence-corrected chi connectivity index (χ1v) is 11.1. The van der Waals surface area contributed by atoms with Crippen molar-refractivity contribution in [2.24, 2.45) is 4.99 Å². The fraction of sp³-hybridized carbons (Fsp3) is 0.579. The van der Waals surface area contributed by atoms with Crippen LogP contribution in [0.1, 0.15) is 51.0 Å². The van der Waals surface area contributed by atoms with E-state index in [1.807, 2.05) is 6.92 Å². The summed E-state index contributed by atoms with van der Waals surface area (Å²) in [6.45, 7) is 1.13. The molecule has 0 saturated carbocycles. The minimum absolute atomic E-state index is 0.0613. The standard InChI is InChI=1S/C19H26F3N3O3S/c1-2-3-13-25(14-19(20,21)22)17(26)11-5-4-8-12-23-18-15-9-6-7-10-16(15)29(27,28)24-18/h6-7,9-10H,2-5,8,11-14H2,1H3,(H,23,24). The second-order valence-electron chi connectivity index (χ2n) is 6.93. The van der Waals surface area contributed by atoms with Crippen molar-refractivity contribution in [2.75, 3.05) is 19.6 Å². The van der Waals surface area contributed by atoms with Gasteiger partial charge in [0.2, 0.25) is 5.91 Å². The van der Waals surface area contributed by atoms with Gasteiger partial charge in [-0.2, -0.15) is 13.2 Å². The minimum Gasteiger partial charge on any atom is -0.334 e. The highest BCUT2D eigenvalue weighted by molar-refractivity contribution is 7.90. The number of nitrogens with zero attached hydrogens (tertiary/aromatic N) is 2. The summed E-state index contributed by atoms with van der Waals surface area (Å²) in [4.78, 5) is 17.5. The molecule has 1 aromatic rings. The van der Waals surface area contributed by atoms with Crippen LogP contribution in [-0.4, -0.2) is 50.9 Å². The number of unbranched alkanes of at least 4 members (excludes halogenated alkanes) is 3. The molecular formula is C19H26F3N3O3S. The van der Waals surface area contributed by atoms with E-state index in [-0.39, 0.29) is 17.9 Å². The number of carbonyl (C=O) groups excluding carboxylic acids is 1. The molecule has 6 nitrogen and oxygen atoms in total. The summed E-state index contributed by atoms with van der Waals surface area (Å²) in [5, 5.41) is 0. The van der Waals surface area contributed by atoms with E-state index in [0.29, 0.717) is 43.6 Å². The predicted molar refractivity (Wildman–Crippen MR) is 104 cm³/mol. The zero-order valence-electron chi connectivity index (χ0n) is 16.3. The Hall–Kier alpha value is -2.10. The Labute approximate surface area is 169 Å². The van der Waals surface area contributed by atoms with Crippen LogP contribution in [0.25, 0.3) is 0 Å². The lowest BCUT2D eigenvalue weighted by Crippen LogP contribution is -2.39. The third-order valence-electron chi connectivity index (χ3n) is 4.49. The molecule has 1 aliphatic rings. The molecule has 2 rings (SSSR count). The maximum atomic E-state index is 12.6. The molecule has 1 heterocycles. The Kier molecular flexibility index (Phi) is 8.06. The van der Waals surface area contributed by atoms with E-state index in [1.54, 1.807) is 18.2 Å². The number of hydrogen-bond acceptors (Lipinski definition) is 4. The van der Waals surface area contributed by atoms with E-state index >= 15 is 0 Å². The summed E-state index contributed by atoms with van der Waals surface area (Å²) in [6.07, 6.45) is -1.40. The average Bonchev–Trinajstić information content (AvgIpc) is 2.91. The van der Waals surface area contributed by atoms with Gasteiger partial charge in [-0.25, -0.2) is 8.42 Å². The lowest BCUT2D eigenvalue weighted by atomic mass is 10.1. The van der Waals surface area contributed by atoms with Crippen LogP contribution in [0.2, 0.25) is 0 Å². The number of amides is 1. The molecule has 0 bridgehead atoms. The van der Waals surface area contributed by atoms with Crippen molar-refractivity contribution in [3.8, 4) is 0 Å². The highest BCUT2D eigenvalue weighted by atomic mass is 32.2. The Balaban J connectivity index is 1.78. The van der Waals surface area contributed by atoms with E-state index in [9.17, 15) is 26.4 Å². The zero-order chi connectivity index (χ0) is 21.5. The second kappa shape index (κ2) is 10.1. The van der Waals surface area contributed by atoms with Gasteiger partial charge in [-0.05, 0) is 31.4 Å². The van der Waals surface area contributed by atoms with Crippen LogP contribution in [0, 0.1) is 0 Å². The van der Waals surface area contributed by atoms with Crippen LogP contribution in [0.15, 0.2) is 34.2 Å². The summed E-state index contributed by atoms with van der Waals surface area (Å²) in [5.74, 6) is -0.188. The Morgan fingerprint density at radius 1 is 1.14 bits per heavy atom. The minimum atomic E-state index is -4.40. The molecule has 0 radical (unpaired) electrons. The van der Waals surface area contributed by atoms with Crippen molar-refractivity contribution in [3.05, 3.63) is 29.8 Å². The van der Waals surface area contributed by atoms with Gasteiger partial charge in [0.1, 0.15) is 12.4 Å². The summed E-state index contributed by atoms with van der Waals surface area (Å²) in [5.41, 5.74) is 0.529. The average molecular weight is 433 g/mol. The van der Waals surface area contributed by atoms with E-state index in [0.717, 1.165) is 11.3 Å². The second-order valence-corrected chi connectivity index (χ2v) is 8.58. The van der Waals surface area contributed by atoms with Gasteiger partial charge in [0.05, 0.1) is 4.90 Å². The van der Waals surface area contributed by atoms with Crippen molar-refractivity contribution in [1.82, 2.24) is 9.62 Å². The molecule has 1 amide bonds. The number of sulfonamides is 1. The lowest BCUT2D eigenvalue weighted by molar-refractivity contribution is -0.161. The number of carbonyl (C=O) groups is 1. The maximum absolute atomic E-state index is 12.6. The Morgan fingerprint density at radius 2 is 1.86 bits per heavy atom. The van der Waals surface area contributed by atoms with Crippen LogP contribution in [0.3, 0.4) is 0 Å². The molecule has 1 aliphatic heterocycles. The van der Waals surface area contributed by atoms with Gasteiger partial charge in [0, 0.05) is 25.1 Å². The molecule has 10 heteroatoms. The molecule has 162 valence electrons. The SMILES string of the molecule is CCCCN(CC(F)(F)F)C(=O)CCCCCN=C1NS(=O)(=O)c2ccccc21. The number of alkyl halides is 3. The summed E-state index contributed by atoms with van der Waals surface area (Å²) >= 11 is 0. The smallest absolute Gasteiger partial charge is 0.334 e. The molecule has 0 aromatic heterocycles. The molecular weight excluding hydrogens is 407 g/mol. The summed E-state index contributed by atoms with van der Waals surface area (Å²) in [6, 6.07) is 6.56. The molecule has 0 fully saturated rings. The number of fused-ring (bicyclic) bond motifs is 1. The number of hydrogen-bond donors (Lipinski definition) is 1. The van der Waals surface area contributed by atoms with Crippen LogP contribution in [-0.2, 0) is 14.8 Å². The first-order chi connectivity index (χ1) is 13.6. The normalized spacial score (nSPS) is 16.5. The monoisotopic (exact) mass is 433 g/mol. The third kappa shape index (κ3) is 7.02. The van der Waals surface area contributed by atoms with E-state index in [1.165, 1.54) is 6.07 Å². The number of rotatable bonds is 10. The third-order valence-corrected chi connectivity index (χ3v) is 5.88. The van der Waals surface area contributed by atoms with Crippen LogP contribution in [0.4, 0.5) is 13.2 Å². The topological polar surface area (TPSA) is 78.8 Å². The van der Waals surface area contributed by atoms with Gasteiger partial charge >= 0.3 is 6.18 Å². The van der Waals surface area contributed by atoms with Crippen molar-refractivity contribution < 1.29 is 26.4 Å². The molecule has 0 atom stereocenters. The highest BCUT2D eigenvalue weighted by Gasteiger charge is 2.32. The Morgan fingerprint density at radius 3 is 2.55 bits per heavy atom. The van der Waals surface area contributed by atoms with Gasteiger partial charge in [-0.1, -0.05) is 31.9 Å². The van der Waals surface area contributed by atoms with Crippen molar-refractivity contribution in [1.29, 1.82) is 0 Å². The van der Waals surface area contributed by atoms with E-state index in [2.05, 4.69) is 9.71 Å². The summed E-state index contributed by atoms with van der Waals surface area (Å²) < 4.78 is 64.3. The molecule has 29 heavy (non-hydrogen) atoms. The number of benzene rings is 1.